The molecule has 1 N–H and O–H groups in total. The van der Waals surface area contributed by atoms with Gasteiger partial charge in [-0.25, -0.2) is 4.79 Å². The SMILES string of the molecule is C=C(C(=O)OCCC)C(O)c1ccccc1. The average molecular weight is 220 g/mol. The summed E-state index contributed by atoms with van der Waals surface area (Å²) in [4.78, 5) is 11.4. The van der Waals surface area contributed by atoms with Crippen LogP contribution in [0.2, 0.25) is 0 Å². The van der Waals surface area contributed by atoms with Crippen LogP contribution in [-0.4, -0.2) is 17.7 Å². The molecule has 0 saturated heterocycles. The number of carbonyl (C=O) groups is 1. The fraction of sp³-hybridized carbons (Fsp3) is 0.308. The van der Waals surface area contributed by atoms with Crippen molar-refractivity contribution in [2.75, 3.05) is 6.61 Å². The van der Waals surface area contributed by atoms with E-state index in [0.29, 0.717) is 12.2 Å². The maximum absolute atomic E-state index is 11.4. The van der Waals surface area contributed by atoms with Crippen molar-refractivity contribution in [1.29, 1.82) is 0 Å². The van der Waals surface area contributed by atoms with Crippen molar-refractivity contribution >= 4 is 5.97 Å². The first-order valence-corrected chi connectivity index (χ1v) is 5.25. The molecule has 3 heteroatoms. The molecule has 0 bridgehead atoms. The fourth-order valence-electron chi connectivity index (χ4n) is 1.24. The smallest absolute Gasteiger partial charge is 0.336 e. The van der Waals surface area contributed by atoms with E-state index in [0.717, 1.165) is 6.42 Å². The summed E-state index contributed by atoms with van der Waals surface area (Å²) in [6, 6.07) is 8.91. The van der Waals surface area contributed by atoms with Crippen molar-refractivity contribution < 1.29 is 14.6 Å². The van der Waals surface area contributed by atoms with Crippen LogP contribution in [0.15, 0.2) is 42.5 Å². The van der Waals surface area contributed by atoms with Crippen molar-refractivity contribution in [2.45, 2.75) is 19.4 Å². The van der Waals surface area contributed by atoms with Gasteiger partial charge in [-0.05, 0) is 12.0 Å². The van der Waals surface area contributed by atoms with Crippen LogP contribution in [0, 0.1) is 0 Å². The normalized spacial score (nSPS) is 11.9. The number of ether oxygens (including phenoxy) is 1. The summed E-state index contributed by atoms with van der Waals surface area (Å²) in [5, 5.41) is 9.86. The number of hydrogen-bond acceptors (Lipinski definition) is 3. The highest BCUT2D eigenvalue weighted by atomic mass is 16.5. The van der Waals surface area contributed by atoms with E-state index < -0.39 is 12.1 Å². The number of hydrogen-bond donors (Lipinski definition) is 1. The third kappa shape index (κ3) is 3.21. The van der Waals surface area contributed by atoms with E-state index in [9.17, 15) is 9.90 Å². The largest absolute Gasteiger partial charge is 0.462 e. The minimum absolute atomic E-state index is 0.0691. The van der Waals surface area contributed by atoms with Crippen LogP contribution >= 0.6 is 0 Å². The zero-order chi connectivity index (χ0) is 12.0. The lowest BCUT2D eigenvalue weighted by atomic mass is 10.0. The maximum atomic E-state index is 11.4. The van der Waals surface area contributed by atoms with Gasteiger partial charge in [0.25, 0.3) is 0 Å². The molecule has 3 nitrogen and oxygen atoms in total. The first kappa shape index (κ1) is 12.5. The summed E-state index contributed by atoms with van der Waals surface area (Å²) in [5.41, 5.74) is 0.709. The van der Waals surface area contributed by atoms with E-state index in [4.69, 9.17) is 4.74 Å². The van der Waals surface area contributed by atoms with Gasteiger partial charge < -0.3 is 9.84 Å². The van der Waals surface area contributed by atoms with E-state index in [1.807, 2.05) is 13.0 Å². The van der Waals surface area contributed by atoms with Crippen LogP contribution < -0.4 is 0 Å². The van der Waals surface area contributed by atoms with Crippen LogP contribution in [0.4, 0.5) is 0 Å². The van der Waals surface area contributed by atoms with Crippen LogP contribution in [0.1, 0.15) is 25.0 Å². The minimum atomic E-state index is -0.995. The third-order valence-corrected chi connectivity index (χ3v) is 2.14. The Morgan fingerprint density at radius 2 is 2.06 bits per heavy atom. The van der Waals surface area contributed by atoms with Crippen LogP contribution in [0.25, 0.3) is 0 Å². The molecule has 0 aliphatic heterocycles. The second-order valence-corrected chi connectivity index (χ2v) is 3.47. The Labute approximate surface area is 95.4 Å². The molecule has 0 aromatic heterocycles. The highest BCUT2D eigenvalue weighted by molar-refractivity contribution is 5.89. The first-order valence-electron chi connectivity index (χ1n) is 5.25. The second-order valence-electron chi connectivity index (χ2n) is 3.47. The van der Waals surface area contributed by atoms with Gasteiger partial charge in [-0.15, -0.1) is 0 Å². The Morgan fingerprint density at radius 3 is 2.62 bits per heavy atom. The standard InChI is InChI=1S/C13H16O3/c1-3-9-16-13(15)10(2)12(14)11-7-5-4-6-8-11/h4-8,12,14H,2-3,9H2,1H3. The molecule has 1 atom stereocenters. The number of aliphatic hydroxyl groups is 1. The van der Waals surface area contributed by atoms with E-state index in [1.54, 1.807) is 24.3 Å². The van der Waals surface area contributed by atoms with Gasteiger partial charge in [-0.2, -0.15) is 0 Å². The van der Waals surface area contributed by atoms with Gasteiger partial charge in [-0.1, -0.05) is 43.8 Å². The molecule has 1 aromatic rings. The Balaban J connectivity index is 2.64. The number of esters is 1. The highest BCUT2D eigenvalue weighted by Crippen LogP contribution is 2.20. The molecule has 86 valence electrons. The Bertz CT molecular complexity index is 357. The number of aliphatic hydroxyl groups excluding tert-OH is 1. The highest BCUT2D eigenvalue weighted by Gasteiger charge is 2.18. The van der Waals surface area contributed by atoms with Gasteiger partial charge in [0.1, 0.15) is 6.10 Å². The first-order chi connectivity index (χ1) is 7.66. The zero-order valence-electron chi connectivity index (χ0n) is 9.35. The predicted molar refractivity (Wildman–Crippen MR) is 61.8 cm³/mol. The number of benzene rings is 1. The molecule has 0 fully saturated rings. The van der Waals surface area contributed by atoms with Crippen LogP contribution in [0.3, 0.4) is 0 Å². The maximum Gasteiger partial charge on any atom is 0.336 e. The van der Waals surface area contributed by atoms with Crippen molar-refractivity contribution in [3.8, 4) is 0 Å². The topological polar surface area (TPSA) is 46.5 Å². The summed E-state index contributed by atoms with van der Waals surface area (Å²) in [5.74, 6) is -0.543. The molecule has 1 rings (SSSR count). The molecule has 1 aromatic carbocycles. The molecule has 0 aliphatic carbocycles. The van der Waals surface area contributed by atoms with Crippen molar-refractivity contribution in [3.05, 3.63) is 48.0 Å². The lowest BCUT2D eigenvalue weighted by Gasteiger charge is -2.13. The molecular weight excluding hydrogens is 204 g/mol. The Morgan fingerprint density at radius 1 is 1.44 bits per heavy atom. The molecule has 1 unspecified atom stereocenters. The lowest BCUT2D eigenvalue weighted by molar-refractivity contribution is -0.140. The molecule has 0 heterocycles. The molecule has 0 radical (unpaired) electrons. The average Bonchev–Trinajstić information content (AvgIpc) is 2.35. The monoisotopic (exact) mass is 220 g/mol. The Kier molecular flexibility index (Phi) is 4.73. The summed E-state index contributed by atoms with van der Waals surface area (Å²) in [6.07, 6.45) is -0.244. The molecule has 0 amide bonds. The summed E-state index contributed by atoms with van der Waals surface area (Å²) in [6.45, 7) is 5.81. The predicted octanol–water partition coefficient (Wildman–Crippen LogP) is 2.23. The van der Waals surface area contributed by atoms with Gasteiger partial charge in [0.15, 0.2) is 0 Å². The van der Waals surface area contributed by atoms with Crippen molar-refractivity contribution in [1.82, 2.24) is 0 Å². The summed E-state index contributed by atoms with van der Waals surface area (Å²) >= 11 is 0. The second kappa shape index (κ2) is 6.08. The number of rotatable bonds is 5. The zero-order valence-corrected chi connectivity index (χ0v) is 9.35. The van der Waals surface area contributed by atoms with Gasteiger partial charge >= 0.3 is 5.97 Å². The third-order valence-electron chi connectivity index (χ3n) is 2.14. The van der Waals surface area contributed by atoms with Crippen LogP contribution in [0.5, 0.6) is 0 Å². The van der Waals surface area contributed by atoms with E-state index in [2.05, 4.69) is 6.58 Å². The van der Waals surface area contributed by atoms with Crippen molar-refractivity contribution in [2.24, 2.45) is 0 Å². The van der Waals surface area contributed by atoms with Crippen LogP contribution in [-0.2, 0) is 9.53 Å². The van der Waals surface area contributed by atoms with E-state index in [-0.39, 0.29) is 5.57 Å². The van der Waals surface area contributed by atoms with Crippen molar-refractivity contribution in [3.63, 3.8) is 0 Å². The molecule has 0 spiro atoms. The van der Waals surface area contributed by atoms with Gasteiger partial charge in [0.05, 0.1) is 12.2 Å². The van der Waals surface area contributed by atoms with Gasteiger partial charge in [0.2, 0.25) is 0 Å². The molecule has 0 saturated carbocycles. The molecular formula is C13H16O3. The quantitative estimate of drug-likeness (QED) is 0.611. The van der Waals surface area contributed by atoms with Gasteiger partial charge in [0, 0.05) is 0 Å². The molecule has 16 heavy (non-hydrogen) atoms. The van der Waals surface area contributed by atoms with E-state index >= 15 is 0 Å². The Hall–Kier alpha value is -1.61. The fourth-order valence-corrected chi connectivity index (χ4v) is 1.24. The number of carbonyl (C=O) groups excluding carboxylic acids is 1. The minimum Gasteiger partial charge on any atom is -0.462 e. The van der Waals surface area contributed by atoms with E-state index in [1.165, 1.54) is 0 Å². The summed E-state index contributed by atoms with van der Waals surface area (Å²) < 4.78 is 4.90. The van der Waals surface area contributed by atoms with Gasteiger partial charge in [-0.3, -0.25) is 0 Å². The molecule has 0 aliphatic rings. The lowest BCUT2D eigenvalue weighted by Crippen LogP contribution is -2.14. The summed E-state index contributed by atoms with van der Waals surface area (Å²) in [7, 11) is 0.